The zero-order valence-corrected chi connectivity index (χ0v) is 17.2. The summed E-state index contributed by atoms with van der Waals surface area (Å²) in [7, 11) is 1.91. The SMILES string of the molecule is CNCCOC1C=CC=C(c2cnc3ccc(N[C@H](C)c4cccc(F)c4)nn23)C1. The molecule has 0 bridgehead atoms. The fourth-order valence-corrected chi connectivity index (χ4v) is 3.52. The van der Waals surface area contributed by atoms with Crippen LogP contribution in [-0.4, -0.2) is 40.9 Å². The van der Waals surface area contributed by atoms with Crippen molar-refractivity contribution in [3.63, 3.8) is 0 Å². The molecule has 0 spiro atoms. The van der Waals surface area contributed by atoms with Crippen LogP contribution < -0.4 is 10.6 Å². The summed E-state index contributed by atoms with van der Waals surface area (Å²) in [5.74, 6) is 0.456. The summed E-state index contributed by atoms with van der Waals surface area (Å²) in [6.45, 7) is 3.46. The maximum absolute atomic E-state index is 13.5. The van der Waals surface area contributed by atoms with Crippen molar-refractivity contribution in [2.75, 3.05) is 25.5 Å². The van der Waals surface area contributed by atoms with Crippen LogP contribution in [0.25, 0.3) is 11.2 Å². The molecule has 0 saturated heterocycles. The molecular weight excluding hydrogens is 381 g/mol. The maximum atomic E-state index is 13.5. The van der Waals surface area contributed by atoms with Crippen LogP contribution in [-0.2, 0) is 4.74 Å². The first kappa shape index (κ1) is 20.3. The first-order valence-electron chi connectivity index (χ1n) is 10.1. The van der Waals surface area contributed by atoms with Gasteiger partial charge in [-0.3, -0.25) is 0 Å². The molecule has 0 amide bonds. The molecule has 0 fully saturated rings. The van der Waals surface area contributed by atoms with Gasteiger partial charge in [0.15, 0.2) is 5.65 Å². The number of likely N-dealkylation sites (N-methyl/N-ethyl adjacent to an activating group) is 1. The molecule has 2 aromatic heterocycles. The molecule has 0 aliphatic heterocycles. The first-order valence-corrected chi connectivity index (χ1v) is 10.1. The second kappa shape index (κ2) is 9.19. The number of fused-ring (bicyclic) bond motifs is 1. The zero-order valence-electron chi connectivity index (χ0n) is 17.2. The molecule has 2 N–H and O–H groups in total. The Morgan fingerprint density at radius 1 is 1.30 bits per heavy atom. The number of ether oxygens (including phenoxy) is 1. The standard InChI is InChI=1S/C23H26FN5O/c1-16(17-5-3-7-19(24)13-17)27-22-9-10-23-26-15-21(29(23)28-22)18-6-4-8-20(14-18)30-12-11-25-2/h3-10,13,15-16,20,25H,11-12,14H2,1-2H3,(H,27,28)/t16-,20?/m1/s1. The van der Waals surface area contributed by atoms with E-state index < -0.39 is 0 Å². The third-order valence-corrected chi connectivity index (χ3v) is 5.13. The van der Waals surface area contributed by atoms with Crippen molar-refractivity contribution in [2.45, 2.75) is 25.5 Å². The minimum Gasteiger partial charge on any atom is -0.372 e. The van der Waals surface area contributed by atoms with Gasteiger partial charge in [0.2, 0.25) is 0 Å². The lowest BCUT2D eigenvalue weighted by Gasteiger charge is -2.19. The number of aromatic nitrogens is 3. The summed E-state index contributed by atoms with van der Waals surface area (Å²) >= 11 is 0. The number of anilines is 1. The van der Waals surface area contributed by atoms with Crippen molar-refractivity contribution >= 4 is 17.0 Å². The van der Waals surface area contributed by atoms with Crippen LogP contribution in [0.5, 0.6) is 0 Å². The van der Waals surface area contributed by atoms with Crippen molar-refractivity contribution in [1.29, 1.82) is 0 Å². The summed E-state index contributed by atoms with van der Waals surface area (Å²) in [6.07, 6.45) is 8.83. The van der Waals surface area contributed by atoms with Gasteiger partial charge in [0, 0.05) is 13.0 Å². The van der Waals surface area contributed by atoms with E-state index in [2.05, 4.69) is 27.8 Å². The lowest BCUT2D eigenvalue weighted by Crippen LogP contribution is -2.20. The predicted octanol–water partition coefficient (Wildman–Crippen LogP) is 3.99. The Morgan fingerprint density at radius 2 is 2.20 bits per heavy atom. The Balaban J connectivity index is 1.53. The maximum Gasteiger partial charge on any atom is 0.154 e. The van der Waals surface area contributed by atoms with E-state index >= 15 is 0 Å². The van der Waals surface area contributed by atoms with E-state index in [4.69, 9.17) is 9.84 Å². The van der Waals surface area contributed by atoms with Gasteiger partial charge >= 0.3 is 0 Å². The van der Waals surface area contributed by atoms with Gasteiger partial charge in [-0.25, -0.2) is 13.9 Å². The Morgan fingerprint density at radius 3 is 3.03 bits per heavy atom. The third-order valence-electron chi connectivity index (χ3n) is 5.13. The molecule has 7 heteroatoms. The molecule has 1 aliphatic rings. The van der Waals surface area contributed by atoms with Crippen molar-refractivity contribution in [3.05, 3.63) is 77.9 Å². The summed E-state index contributed by atoms with van der Waals surface area (Å²) in [4.78, 5) is 4.49. The molecule has 1 unspecified atom stereocenters. The van der Waals surface area contributed by atoms with Crippen LogP contribution in [0.4, 0.5) is 10.2 Å². The largest absolute Gasteiger partial charge is 0.372 e. The van der Waals surface area contributed by atoms with E-state index in [-0.39, 0.29) is 18.0 Å². The Kier molecular flexibility index (Phi) is 6.21. The third kappa shape index (κ3) is 4.58. The minimum atomic E-state index is -0.245. The quantitative estimate of drug-likeness (QED) is 0.553. The summed E-state index contributed by atoms with van der Waals surface area (Å²) in [5.41, 5.74) is 3.71. The number of imidazole rings is 1. The van der Waals surface area contributed by atoms with Gasteiger partial charge in [0.1, 0.15) is 11.6 Å². The van der Waals surface area contributed by atoms with E-state index in [1.165, 1.54) is 12.1 Å². The normalized spacial score (nSPS) is 17.2. The topological polar surface area (TPSA) is 63.5 Å². The number of hydrogen-bond donors (Lipinski definition) is 2. The first-order chi connectivity index (χ1) is 14.6. The minimum absolute atomic E-state index is 0.0400. The van der Waals surface area contributed by atoms with Crippen LogP contribution in [0.15, 0.2) is 60.8 Å². The van der Waals surface area contributed by atoms with E-state index in [0.717, 1.165) is 35.4 Å². The lowest BCUT2D eigenvalue weighted by atomic mass is 10.0. The van der Waals surface area contributed by atoms with Crippen LogP contribution in [0.3, 0.4) is 0 Å². The number of halogens is 1. The molecule has 3 aromatic rings. The smallest absolute Gasteiger partial charge is 0.154 e. The monoisotopic (exact) mass is 407 g/mol. The highest BCUT2D eigenvalue weighted by atomic mass is 19.1. The van der Waals surface area contributed by atoms with E-state index in [0.29, 0.717) is 12.4 Å². The average Bonchev–Trinajstić information content (AvgIpc) is 3.17. The van der Waals surface area contributed by atoms with E-state index in [1.54, 1.807) is 6.07 Å². The highest BCUT2D eigenvalue weighted by Crippen LogP contribution is 2.26. The van der Waals surface area contributed by atoms with Gasteiger partial charge < -0.3 is 15.4 Å². The Bertz CT molecular complexity index is 1070. The molecule has 4 rings (SSSR count). The van der Waals surface area contributed by atoms with Crippen LogP contribution in [0, 0.1) is 5.82 Å². The van der Waals surface area contributed by atoms with Crippen molar-refractivity contribution in [2.24, 2.45) is 0 Å². The second-order valence-corrected chi connectivity index (χ2v) is 7.35. The summed E-state index contributed by atoms with van der Waals surface area (Å²) in [5, 5.41) is 11.2. The molecule has 1 aromatic carbocycles. The van der Waals surface area contributed by atoms with Crippen molar-refractivity contribution < 1.29 is 9.13 Å². The van der Waals surface area contributed by atoms with E-state index in [1.807, 2.05) is 49.0 Å². The fraction of sp³-hybridized carbons (Fsp3) is 0.304. The fourth-order valence-electron chi connectivity index (χ4n) is 3.52. The molecule has 0 radical (unpaired) electrons. The van der Waals surface area contributed by atoms with Crippen LogP contribution >= 0.6 is 0 Å². The predicted molar refractivity (Wildman–Crippen MR) is 117 cm³/mol. The van der Waals surface area contributed by atoms with Gasteiger partial charge in [-0.15, -0.1) is 5.10 Å². The van der Waals surface area contributed by atoms with Gasteiger partial charge in [-0.05, 0) is 49.4 Å². The van der Waals surface area contributed by atoms with Gasteiger partial charge in [-0.1, -0.05) is 30.4 Å². The molecule has 30 heavy (non-hydrogen) atoms. The molecule has 0 saturated carbocycles. The van der Waals surface area contributed by atoms with Crippen LogP contribution in [0.2, 0.25) is 0 Å². The molecule has 1 aliphatic carbocycles. The number of nitrogens with zero attached hydrogens (tertiary/aromatic N) is 3. The second-order valence-electron chi connectivity index (χ2n) is 7.35. The number of hydrogen-bond acceptors (Lipinski definition) is 5. The van der Waals surface area contributed by atoms with Gasteiger partial charge in [0.05, 0.1) is 30.6 Å². The number of rotatable bonds is 8. The highest BCUT2D eigenvalue weighted by molar-refractivity contribution is 5.68. The zero-order chi connectivity index (χ0) is 20.9. The Hall–Kier alpha value is -3.03. The summed E-state index contributed by atoms with van der Waals surface area (Å²) < 4.78 is 21.3. The molecule has 6 nitrogen and oxygen atoms in total. The average molecular weight is 407 g/mol. The molecule has 2 heterocycles. The molecular formula is C23H26FN5O. The number of allylic oxidation sites excluding steroid dienone is 2. The lowest BCUT2D eigenvalue weighted by molar-refractivity contribution is 0.0909. The van der Waals surface area contributed by atoms with Gasteiger partial charge in [-0.2, -0.15) is 0 Å². The number of nitrogens with one attached hydrogen (secondary N) is 2. The van der Waals surface area contributed by atoms with Gasteiger partial charge in [0.25, 0.3) is 0 Å². The van der Waals surface area contributed by atoms with Crippen molar-refractivity contribution in [1.82, 2.24) is 19.9 Å². The number of benzene rings is 1. The Labute approximate surface area is 175 Å². The van der Waals surface area contributed by atoms with Crippen LogP contribution in [0.1, 0.15) is 30.6 Å². The molecule has 156 valence electrons. The highest BCUT2D eigenvalue weighted by Gasteiger charge is 2.17. The molecule has 2 atom stereocenters. The summed E-state index contributed by atoms with van der Waals surface area (Å²) in [6, 6.07) is 10.3. The van der Waals surface area contributed by atoms with Crippen molar-refractivity contribution in [3.8, 4) is 0 Å². The van der Waals surface area contributed by atoms with E-state index in [9.17, 15) is 4.39 Å².